The third kappa shape index (κ3) is 2.38. The van der Waals surface area contributed by atoms with Crippen molar-refractivity contribution in [2.75, 3.05) is 13.1 Å². The summed E-state index contributed by atoms with van der Waals surface area (Å²) in [4.78, 5) is 0.408. The van der Waals surface area contributed by atoms with Crippen LogP contribution >= 0.6 is 0 Å². The van der Waals surface area contributed by atoms with E-state index in [1.807, 2.05) is 13.8 Å². The fourth-order valence-corrected chi connectivity index (χ4v) is 5.24. The lowest BCUT2D eigenvalue weighted by atomic mass is 10.2. The summed E-state index contributed by atoms with van der Waals surface area (Å²) >= 11 is 0. The number of hydrogen-bond donors (Lipinski definition) is 1. The lowest BCUT2D eigenvalue weighted by molar-refractivity contribution is 0.392. The number of hydrogen-bond acceptors (Lipinski definition) is 4. The zero-order chi connectivity index (χ0) is 14.9. The molecule has 20 heavy (non-hydrogen) atoms. The minimum absolute atomic E-state index is 0.0744. The molecule has 0 radical (unpaired) electrons. The zero-order valence-electron chi connectivity index (χ0n) is 12.5. The summed E-state index contributed by atoms with van der Waals surface area (Å²) in [5.41, 5.74) is 7.16. The van der Waals surface area contributed by atoms with Crippen LogP contribution in [0.1, 0.15) is 38.1 Å². The first kappa shape index (κ1) is 15.5. The first-order valence-corrected chi connectivity index (χ1v) is 8.68. The molecule has 0 aromatic carbocycles. The van der Waals surface area contributed by atoms with E-state index < -0.39 is 10.0 Å². The molecule has 0 amide bonds. The molecular weight excluding hydrogens is 276 g/mol. The topological polar surface area (TPSA) is 81.2 Å². The number of aryl methyl sites for hydroxylation is 2. The van der Waals surface area contributed by atoms with Gasteiger partial charge in [-0.15, -0.1) is 0 Å². The second-order valence-electron chi connectivity index (χ2n) is 5.20. The summed E-state index contributed by atoms with van der Waals surface area (Å²) in [6.45, 7) is 4.83. The van der Waals surface area contributed by atoms with Gasteiger partial charge in [-0.05, 0) is 25.7 Å². The second kappa shape index (κ2) is 5.83. The first-order chi connectivity index (χ1) is 9.47. The number of rotatable bonds is 5. The summed E-state index contributed by atoms with van der Waals surface area (Å²) in [6.07, 6.45) is 2.99. The van der Waals surface area contributed by atoms with E-state index >= 15 is 0 Å². The molecule has 1 aliphatic heterocycles. The molecule has 1 aliphatic rings. The smallest absolute Gasteiger partial charge is 0.247 e. The van der Waals surface area contributed by atoms with Crippen LogP contribution in [-0.2, 0) is 29.9 Å². The van der Waals surface area contributed by atoms with Crippen molar-refractivity contribution in [2.24, 2.45) is 12.8 Å². The highest BCUT2D eigenvalue weighted by Gasteiger charge is 2.38. The second-order valence-corrected chi connectivity index (χ2v) is 7.03. The van der Waals surface area contributed by atoms with Crippen LogP contribution in [0.25, 0.3) is 0 Å². The average molecular weight is 300 g/mol. The molecule has 1 aromatic rings. The van der Waals surface area contributed by atoms with E-state index in [0.29, 0.717) is 36.5 Å². The van der Waals surface area contributed by atoms with Gasteiger partial charge in [-0.3, -0.25) is 4.68 Å². The van der Waals surface area contributed by atoms with E-state index in [1.165, 1.54) is 0 Å². The van der Waals surface area contributed by atoms with E-state index in [4.69, 9.17) is 5.73 Å². The molecule has 1 saturated heterocycles. The molecule has 114 valence electrons. The Kier molecular flexibility index (Phi) is 4.51. The van der Waals surface area contributed by atoms with Crippen molar-refractivity contribution in [3.8, 4) is 0 Å². The van der Waals surface area contributed by atoms with Gasteiger partial charge in [0, 0.05) is 26.2 Å². The van der Waals surface area contributed by atoms with E-state index in [2.05, 4.69) is 5.10 Å². The van der Waals surface area contributed by atoms with Crippen LogP contribution in [0.2, 0.25) is 0 Å². The van der Waals surface area contributed by atoms with Gasteiger partial charge in [0.05, 0.1) is 11.4 Å². The summed E-state index contributed by atoms with van der Waals surface area (Å²) in [5, 5.41) is 4.37. The maximum Gasteiger partial charge on any atom is 0.247 e. The molecule has 1 atom stereocenters. The van der Waals surface area contributed by atoms with E-state index in [9.17, 15) is 8.42 Å². The minimum Gasteiger partial charge on any atom is -0.329 e. The third-order valence-corrected chi connectivity index (χ3v) is 6.10. The summed E-state index contributed by atoms with van der Waals surface area (Å²) in [6, 6.07) is -0.0744. The highest BCUT2D eigenvalue weighted by molar-refractivity contribution is 7.89. The van der Waals surface area contributed by atoms with E-state index in [1.54, 1.807) is 16.0 Å². The molecule has 0 aliphatic carbocycles. The van der Waals surface area contributed by atoms with Gasteiger partial charge in [0.1, 0.15) is 4.90 Å². The molecule has 7 heteroatoms. The van der Waals surface area contributed by atoms with Gasteiger partial charge >= 0.3 is 0 Å². The van der Waals surface area contributed by atoms with Gasteiger partial charge in [-0.25, -0.2) is 8.42 Å². The maximum atomic E-state index is 13.0. The van der Waals surface area contributed by atoms with Crippen molar-refractivity contribution in [3.05, 3.63) is 11.4 Å². The quantitative estimate of drug-likeness (QED) is 0.866. The van der Waals surface area contributed by atoms with Gasteiger partial charge in [-0.2, -0.15) is 9.40 Å². The fourth-order valence-electron chi connectivity index (χ4n) is 3.00. The monoisotopic (exact) mass is 300 g/mol. The molecule has 0 spiro atoms. The van der Waals surface area contributed by atoms with Crippen LogP contribution < -0.4 is 5.73 Å². The Morgan fingerprint density at radius 3 is 2.60 bits per heavy atom. The third-order valence-electron chi connectivity index (χ3n) is 4.02. The number of aromatic nitrogens is 2. The maximum absolute atomic E-state index is 13.0. The lowest BCUT2D eigenvalue weighted by Crippen LogP contribution is -2.40. The van der Waals surface area contributed by atoms with E-state index in [-0.39, 0.29) is 6.04 Å². The Bertz CT molecular complexity index is 579. The van der Waals surface area contributed by atoms with Crippen LogP contribution in [-0.4, -0.2) is 41.6 Å². The van der Waals surface area contributed by atoms with Crippen molar-refractivity contribution in [1.29, 1.82) is 0 Å². The molecule has 0 saturated carbocycles. The number of nitrogens with two attached hydrogens (primary N) is 1. The molecule has 2 rings (SSSR count). The SMILES string of the molecule is CCc1nn(C)c(CC)c1S(=O)(=O)N1CCCC1CN. The average Bonchev–Trinajstić information content (AvgIpc) is 3.02. The van der Waals surface area contributed by atoms with Crippen LogP contribution in [0.5, 0.6) is 0 Å². The molecule has 1 unspecified atom stereocenters. The summed E-state index contributed by atoms with van der Waals surface area (Å²) < 4.78 is 29.3. The van der Waals surface area contributed by atoms with Crippen LogP contribution in [0.4, 0.5) is 0 Å². The Labute approximate surface area is 121 Å². The predicted octanol–water partition coefficient (Wildman–Crippen LogP) is 0.657. The highest BCUT2D eigenvalue weighted by Crippen LogP contribution is 2.30. The molecule has 6 nitrogen and oxygen atoms in total. The van der Waals surface area contributed by atoms with Crippen molar-refractivity contribution >= 4 is 10.0 Å². The van der Waals surface area contributed by atoms with Gasteiger partial charge in [0.2, 0.25) is 10.0 Å². The van der Waals surface area contributed by atoms with Crippen molar-refractivity contribution < 1.29 is 8.42 Å². The standard InChI is InChI=1S/C13H24N4O2S/c1-4-11-13(12(5-2)16(3)15-11)20(18,19)17-8-6-7-10(17)9-14/h10H,4-9,14H2,1-3H3. The van der Waals surface area contributed by atoms with Gasteiger partial charge in [-0.1, -0.05) is 13.8 Å². The molecular formula is C13H24N4O2S. The minimum atomic E-state index is -3.49. The van der Waals surface area contributed by atoms with Gasteiger partial charge in [0.25, 0.3) is 0 Å². The first-order valence-electron chi connectivity index (χ1n) is 7.23. The number of nitrogens with zero attached hydrogens (tertiary/aromatic N) is 3. The number of sulfonamides is 1. The summed E-state index contributed by atoms with van der Waals surface area (Å²) in [7, 11) is -1.69. The highest BCUT2D eigenvalue weighted by atomic mass is 32.2. The van der Waals surface area contributed by atoms with E-state index in [0.717, 1.165) is 18.5 Å². The molecule has 2 N–H and O–H groups in total. The fraction of sp³-hybridized carbons (Fsp3) is 0.769. The van der Waals surface area contributed by atoms with Crippen molar-refractivity contribution in [1.82, 2.24) is 14.1 Å². The van der Waals surface area contributed by atoms with Crippen LogP contribution in [0.3, 0.4) is 0 Å². The van der Waals surface area contributed by atoms with Crippen LogP contribution in [0, 0.1) is 0 Å². The molecule has 2 heterocycles. The molecule has 0 bridgehead atoms. The Hall–Kier alpha value is -0.920. The van der Waals surface area contributed by atoms with Gasteiger partial charge in [0.15, 0.2) is 0 Å². The molecule has 1 fully saturated rings. The normalized spacial score (nSPS) is 20.7. The largest absolute Gasteiger partial charge is 0.329 e. The Balaban J connectivity index is 2.54. The van der Waals surface area contributed by atoms with Crippen LogP contribution in [0.15, 0.2) is 4.90 Å². The zero-order valence-corrected chi connectivity index (χ0v) is 13.3. The Morgan fingerprint density at radius 2 is 2.05 bits per heavy atom. The Morgan fingerprint density at radius 1 is 1.35 bits per heavy atom. The lowest BCUT2D eigenvalue weighted by Gasteiger charge is -2.23. The van der Waals surface area contributed by atoms with Crippen molar-refractivity contribution in [2.45, 2.75) is 50.5 Å². The van der Waals surface area contributed by atoms with Gasteiger partial charge < -0.3 is 5.73 Å². The summed E-state index contributed by atoms with van der Waals surface area (Å²) in [5.74, 6) is 0. The molecule has 1 aromatic heterocycles. The van der Waals surface area contributed by atoms with Crippen molar-refractivity contribution in [3.63, 3.8) is 0 Å². The predicted molar refractivity (Wildman–Crippen MR) is 77.9 cm³/mol.